The van der Waals surface area contributed by atoms with Gasteiger partial charge in [0, 0.05) is 16.2 Å². The number of carbonyl (C=O) groups is 2. The Hall–Kier alpha value is -2.34. The van der Waals surface area contributed by atoms with Crippen LogP contribution in [0.5, 0.6) is 5.75 Å². The van der Waals surface area contributed by atoms with Crippen molar-refractivity contribution in [2.45, 2.75) is 64.1 Å². The van der Waals surface area contributed by atoms with Gasteiger partial charge in [-0.1, -0.05) is 38.3 Å². The van der Waals surface area contributed by atoms with Gasteiger partial charge < -0.3 is 15.0 Å². The number of amides is 2. The lowest BCUT2D eigenvalue weighted by molar-refractivity contribution is -0.140. The Morgan fingerprint density at radius 1 is 1.11 bits per heavy atom. The topological polar surface area (TPSA) is 96.0 Å². The average molecular weight is 642 g/mol. The van der Waals surface area contributed by atoms with Crippen molar-refractivity contribution in [3.05, 3.63) is 57.7 Å². The number of benzene rings is 2. The second-order valence-electron chi connectivity index (χ2n) is 9.39. The summed E-state index contributed by atoms with van der Waals surface area (Å²) in [7, 11) is -2.19. The molecule has 202 valence electrons. The Bertz CT molecular complexity index is 1170. The molecule has 0 heterocycles. The molecule has 0 spiro atoms. The van der Waals surface area contributed by atoms with E-state index in [-0.39, 0.29) is 18.5 Å². The number of rotatable bonds is 11. The van der Waals surface area contributed by atoms with Crippen LogP contribution in [0.4, 0.5) is 5.69 Å². The quantitative estimate of drug-likeness (QED) is 0.369. The number of sulfonamides is 1. The van der Waals surface area contributed by atoms with Crippen molar-refractivity contribution < 1.29 is 22.7 Å². The Labute approximate surface area is 233 Å². The second-order valence-corrected chi connectivity index (χ2v) is 12.5. The summed E-state index contributed by atoms with van der Waals surface area (Å²) in [6.07, 6.45) is 6.67. The minimum Gasteiger partial charge on any atom is -0.497 e. The number of carbonyl (C=O) groups excluding carboxylic acids is 2. The van der Waals surface area contributed by atoms with E-state index < -0.39 is 28.5 Å². The first kappa shape index (κ1) is 29.2. The number of hydrogen-bond donors (Lipinski definition) is 1. The van der Waals surface area contributed by atoms with E-state index in [2.05, 4.69) is 27.9 Å². The van der Waals surface area contributed by atoms with Crippen molar-refractivity contribution in [3.8, 4) is 5.75 Å². The smallest absolute Gasteiger partial charge is 0.244 e. The zero-order valence-electron chi connectivity index (χ0n) is 21.7. The van der Waals surface area contributed by atoms with E-state index in [1.54, 1.807) is 31.4 Å². The molecule has 1 saturated carbocycles. The molecule has 37 heavy (non-hydrogen) atoms. The van der Waals surface area contributed by atoms with Crippen LogP contribution in [0, 0.1) is 3.57 Å². The van der Waals surface area contributed by atoms with Gasteiger partial charge in [-0.25, -0.2) is 8.42 Å². The maximum atomic E-state index is 13.8. The summed E-state index contributed by atoms with van der Waals surface area (Å²) < 4.78 is 32.8. The molecule has 1 aliphatic carbocycles. The van der Waals surface area contributed by atoms with Crippen molar-refractivity contribution in [1.29, 1.82) is 0 Å². The zero-order chi connectivity index (χ0) is 27.0. The van der Waals surface area contributed by atoms with E-state index in [0.29, 0.717) is 17.9 Å². The van der Waals surface area contributed by atoms with Gasteiger partial charge in [0.1, 0.15) is 18.3 Å². The van der Waals surface area contributed by atoms with Crippen molar-refractivity contribution in [2.75, 3.05) is 24.2 Å². The molecule has 1 N–H and O–H groups in total. The number of nitrogens with one attached hydrogen (secondary N) is 1. The Balaban J connectivity index is 1.92. The van der Waals surface area contributed by atoms with Crippen molar-refractivity contribution in [3.63, 3.8) is 0 Å². The van der Waals surface area contributed by atoms with Gasteiger partial charge in [0.15, 0.2) is 0 Å². The number of nitrogens with zero attached hydrogens (tertiary/aromatic N) is 2. The fourth-order valence-electron chi connectivity index (χ4n) is 4.65. The summed E-state index contributed by atoms with van der Waals surface area (Å²) >= 11 is 2.14. The standard InChI is InChI=1S/C27H36IN3O5S/c1-4-25(27(33)29-22-10-6-5-7-11-22)30(18-20-9-8-12-24(17-20)36-2)26(32)19-31(37(3,34)35)23-15-13-21(28)14-16-23/h8-9,12-17,22,25H,4-7,10-11,18-19H2,1-3H3,(H,29,33)/t25-/m0/s1. The maximum Gasteiger partial charge on any atom is 0.244 e. The van der Waals surface area contributed by atoms with Crippen molar-refractivity contribution >= 4 is 50.1 Å². The molecule has 2 aromatic carbocycles. The number of methoxy groups -OCH3 is 1. The first-order chi connectivity index (χ1) is 17.6. The monoisotopic (exact) mass is 641 g/mol. The molecule has 0 bridgehead atoms. The van der Waals surface area contributed by atoms with E-state index in [1.807, 2.05) is 31.2 Å². The van der Waals surface area contributed by atoms with Gasteiger partial charge in [-0.3, -0.25) is 13.9 Å². The third kappa shape index (κ3) is 8.33. The van der Waals surface area contributed by atoms with Crippen LogP contribution in [-0.2, 0) is 26.2 Å². The second kappa shape index (κ2) is 13.5. The average Bonchev–Trinajstić information content (AvgIpc) is 2.87. The van der Waals surface area contributed by atoms with Gasteiger partial charge in [0.2, 0.25) is 21.8 Å². The predicted molar refractivity (Wildman–Crippen MR) is 154 cm³/mol. The lowest BCUT2D eigenvalue weighted by Crippen LogP contribution is -2.53. The third-order valence-electron chi connectivity index (χ3n) is 6.62. The summed E-state index contributed by atoms with van der Waals surface area (Å²) in [5.74, 6) is -0.00971. The summed E-state index contributed by atoms with van der Waals surface area (Å²) in [5, 5.41) is 3.14. The SMILES string of the molecule is CC[C@@H](C(=O)NC1CCCCC1)N(Cc1cccc(OC)c1)C(=O)CN(c1ccc(I)cc1)S(C)(=O)=O. The number of anilines is 1. The number of halogens is 1. The molecule has 0 saturated heterocycles. The van der Waals surface area contributed by atoms with Gasteiger partial charge in [-0.2, -0.15) is 0 Å². The zero-order valence-corrected chi connectivity index (χ0v) is 24.6. The van der Waals surface area contributed by atoms with Gasteiger partial charge in [0.25, 0.3) is 0 Å². The molecule has 2 amide bonds. The fraction of sp³-hybridized carbons (Fsp3) is 0.481. The number of ether oxygens (including phenoxy) is 1. The van der Waals surface area contributed by atoms with Crippen molar-refractivity contribution in [1.82, 2.24) is 10.2 Å². The van der Waals surface area contributed by atoms with E-state index in [1.165, 1.54) is 11.3 Å². The fourth-order valence-corrected chi connectivity index (χ4v) is 5.86. The summed E-state index contributed by atoms with van der Waals surface area (Å²) in [6, 6.07) is 13.6. The summed E-state index contributed by atoms with van der Waals surface area (Å²) in [5.41, 5.74) is 1.19. The molecule has 1 aliphatic rings. The van der Waals surface area contributed by atoms with Crippen LogP contribution < -0.4 is 14.4 Å². The third-order valence-corrected chi connectivity index (χ3v) is 8.48. The van der Waals surface area contributed by atoms with Crippen LogP contribution in [0.3, 0.4) is 0 Å². The van der Waals surface area contributed by atoms with E-state index in [9.17, 15) is 18.0 Å². The van der Waals surface area contributed by atoms with Gasteiger partial charge >= 0.3 is 0 Å². The van der Waals surface area contributed by atoms with Gasteiger partial charge in [-0.05, 0) is 83.8 Å². The first-order valence-electron chi connectivity index (χ1n) is 12.6. The van der Waals surface area contributed by atoms with Crippen molar-refractivity contribution in [2.24, 2.45) is 0 Å². The highest BCUT2D eigenvalue weighted by Gasteiger charge is 2.32. The van der Waals surface area contributed by atoms with E-state index in [0.717, 1.165) is 45.4 Å². The van der Waals surface area contributed by atoms with Crippen LogP contribution in [-0.4, -0.2) is 57.1 Å². The van der Waals surface area contributed by atoms with Gasteiger partial charge in [-0.15, -0.1) is 0 Å². The molecule has 0 aromatic heterocycles. The molecule has 3 rings (SSSR count). The highest BCUT2D eigenvalue weighted by Crippen LogP contribution is 2.23. The minimum absolute atomic E-state index is 0.100. The van der Waals surface area contributed by atoms with E-state index in [4.69, 9.17) is 4.74 Å². The van der Waals surface area contributed by atoms with Crippen LogP contribution in [0.25, 0.3) is 0 Å². The summed E-state index contributed by atoms with van der Waals surface area (Å²) in [6.45, 7) is 1.61. The highest BCUT2D eigenvalue weighted by atomic mass is 127. The largest absolute Gasteiger partial charge is 0.497 e. The molecule has 8 nitrogen and oxygen atoms in total. The Morgan fingerprint density at radius 3 is 2.38 bits per heavy atom. The predicted octanol–water partition coefficient (Wildman–Crippen LogP) is 4.32. The molecule has 10 heteroatoms. The van der Waals surface area contributed by atoms with Crippen LogP contribution in [0.1, 0.15) is 51.0 Å². The van der Waals surface area contributed by atoms with Crippen LogP contribution in [0.2, 0.25) is 0 Å². The highest BCUT2D eigenvalue weighted by molar-refractivity contribution is 14.1. The van der Waals surface area contributed by atoms with Crippen LogP contribution in [0.15, 0.2) is 48.5 Å². The molecule has 0 radical (unpaired) electrons. The Kier molecular flexibility index (Phi) is 10.6. The number of hydrogen-bond acceptors (Lipinski definition) is 5. The molecule has 2 aromatic rings. The van der Waals surface area contributed by atoms with Gasteiger partial charge in [0.05, 0.1) is 19.1 Å². The molecular formula is C27H36IN3O5S. The first-order valence-corrected chi connectivity index (χ1v) is 15.5. The molecule has 1 atom stereocenters. The molecular weight excluding hydrogens is 605 g/mol. The molecule has 1 fully saturated rings. The lowest BCUT2D eigenvalue weighted by Gasteiger charge is -2.34. The molecule has 0 aliphatic heterocycles. The van der Waals surface area contributed by atoms with Crippen LogP contribution >= 0.6 is 22.6 Å². The lowest BCUT2D eigenvalue weighted by atomic mass is 9.95. The normalized spacial score (nSPS) is 15.0. The maximum absolute atomic E-state index is 13.8. The minimum atomic E-state index is -3.76. The summed E-state index contributed by atoms with van der Waals surface area (Å²) in [4.78, 5) is 28.7. The molecule has 0 unspecified atom stereocenters. The van der Waals surface area contributed by atoms with E-state index >= 15 is 0 Å². The Morgan fingerprint density at radius 2 is 1.78 bits per heavy atom.